The summed E-state index contributed by atoms with van der Waals surface area (Å²) in [7, 11) is 1.27. The molecule has 0 radical (unpaired) electrons. The number of ether oxygens (including phenoxy) is 2. The molecule has 0 heterocycles. The second kappa shape index (κ2) is 14.5. The lowest BCUT2D eigenvalue weighted by Gasteiger charge is -2.21. The van der Waals surface area contributed by atoms with Crippen molar-refractivity contribution >= 4 is 29.8 Å². The highest BCUT2D eigenvalue weighted by Gasteiger charge is 2.27. The number of carbonyl (C=O) groups is 3. The molecule has 8 nitrogen and oxygen atoms in total. The number of nitrogens with one attached hydrogen (secondary N) is 1. The number of aliphatic imine (C=N–C) groups is 1. The summed E-state index contributed by atoms with van der Waals surface area (Å²) in [6.45, 7) is 5.62. The fraction of sp³-hybridized carbons (Fsp3) is 0.357. The van der Waals surface area contributed by atoms with Gasteiger partial charge in [-0.2, -0.15) is 0 Å². The van der Waals surface area contributed by atoms with Crippen molar-refractivity contribution in [3.05, 3.63) is 77.4 Å². The van der Waals surface area contributed by atoms with Gasteiger partial charge in [-0.25, -0.2) is 9.59 Å². The van der Waals surface area contributed by atoms with Gasteiger partial charge in [-0.05, 0) is 24.8 Å². The third kappa shape index (κ3) is 8.69. The molecule has 36 heavy (non-hydrogen) atoms. The van der Waals surface area contributed by atoms with Crippen molar-refractivity contribution in [2.75, 3.05) is 13.7 Å². The number of benzene rings is 2. The number of hydrogen-bond acceptors (Lipinski definition) is 7. The van der Waals surface area contributed by atoms with Crippen LogP contribution in [0.4, 0.5) is 0 Å². The van der Waals surface area contributed by atoms with Crippen LogP contribution >= 0.6 is 0 Å². The molecule has 0 saturated heterocycles. The first-order valence-corrected chi connectivity index (χ1v) is 11.9. The van der Waals surface area contributed by atoms with E-state index in [0.717, 1.165) is 11.8 Å². The first-order chi connectivity index (χ1) is 17.3. The lowest BCUT2D eigenvalue weighted by Crippen LogP contribution is -2.46. The smallest absolute Gasteiger partial charge is 0.343 e. The van der Waals surface area contributed by atoms with Gasteiger partial charge in [0.1, 0.15) is 23.4 Å². The second-order valence-corrected chi connectivity index (χ2v) is 8.55. The van der Waals surface area contributed by atoms with Crippen LogP contribution in [0.25, 0.3) is 5.76 Å². The van der Waals surface area contributed by atoms with Crippen LogP contribution in [0, 0.1) is 5.92 Å². The Morgan fingerprint density at radius 1 is 1.03 bits per heavy atom. The van der Waals surface area contributed by atoms with Gasteiger partial charge in [0.25, 0.3) is 0 Å². The average Bonchev–Trinajstić information content (AvgIpc) is 2.88. The summed E-state index contributed by atoms with van der Waals surface area (Å²) in [5, 5.41) is 13.5. The van der Waals surface area contributed by atoms with E-state index >= 15 is 0 Å². The van der Waals surface area contributed by atoms with E-state index in [-0.39, 0.29) is 30.3 Å². The van der Waals surface area contributed by atoms with Crippen LogP contribution < -0.4 is 5.32 Å². The van der Waals surface area contributed by atoms with Crippen LogP contribution in [-0.2, 0) is 30.3 Å². The van der Waals surface area contributed by atoms with E-state index in [9.17, 15) is 19.5 Å². The highest BCUT2D eigenvalue weighted by Crippen LogP contribution is 2.17. The van der Waals surface area contributed by atoms with E-state index in [4.69, 9.17) is 9.47 Å². The van der Waals surface area contributed by atoms with Gasteiger partial charge in [0.15, 0.2) is 0 Å². The summed E-state index contributed by atoms with van der Waals surface area (Å²) >= 11 is 0. The monoisotopic (exact) mass is 494 g/mol. The van der Waals surface area contributed by atoms with Gasteiger partial charge >= 0.3 is 11.9 Å². The third-order valence-electron chi connectivity index (χ3n) is 5.27. The molecule has 0 aliphatic carbocycles. The number of methoxy groups -OCH3 is 1. The Morgan fingerprint density at radius 2 is 1.64 bits per heavy atom. The summed E-state index contributed by atoms with van der Waals surface area (Å²) < 4.78 is 9.96. The van der Waals surface area contributed by atoms with E-state index in [1.807, 2.05) is 44.2 Å². The maximum atomic E-state index is 13.3. The average molecular weight is 495 g/mol. The molecule has 2 rings (SSSR count). The molecule has 8 heteroatoms. The molecule has 192 valence electrons. The van der Waals surface area contributed by atoms with Gasteiger partial charge in [-0.15, -0.1) is 0 Å². The van der Waals surface area contributed by atoms with Gasteiger partial charge in [0.05, 0.1) is 13.7 Å². The SMILES string of the molecule is CCOC(=O)/C(C=N[C@@H](Cc1ccccc1)C(=O)N[C@@H](CC(C)C)C(=O)OC)=C(/O)c1ccccc1. The number of rotatable bonds is 12. The molecular weight excluding hydrogens is 460 g/mol. The quantitative estimate of drug-likeness (QED) is 0.200. The van der Waals surface area contributed by atoms with Crippen LogP contribution in [0.3, 0.4) is 0 Å². The minimum atomic E-state index is -0.986. The highest BCUT2D eigenvalue weighted by molar-refractivity contribution is 6.15. The predicted octanol–water partition coefficient (Wildman–Crippen LogP) is 3.90. The van der Waals surface area contributed by atoms with E-state index in [1.165, 1.54) is 7.11 Å². The minimum absolute atomic E-state index is 0.0994. The Bertz CT molecular complexity index is 1060. The van der Waals surface area contributed by atoms with Crippen LogP contribution in [0.1, 0.15) is 38.3 Å². The zero-order chi connectivity index (χ0) is 26.5. The highest BCUT2D eigenvalue weighted by atomic mass is 16.5. The molecule has 2 atom stereocenters. The zero-order valence-corrected chi connectivity index (χ0v) is 21.1. The van der Waals surface area contributed by atoms with E-state index < -0.39 is 29.9 Å². The first-order valence-electron chi connectivity index (χ1n) is 11.9. The van der Waals surface area contributed by atoms with Gasteiger partial charge in [0.2, 0.25) is 5.91 Å². The topological polar surface area (TPSA) is 114 Å². The van der Waals surface area contributed by atoms with E-state index in [2.05, 4.69) is 10.3 Å². The number of esters is 2. The van der Waals surface area contributed by atoms with Crippen molar-refractivity contribution in [2.45, 2.75) is 45.7 Å². The Kier molecular flexibility index (Phi) is 11.4. The first kappa shape index (κ1) is 28.3. The molecule has 1 amide bonds. The largest absolute Gasteiger partial charge is 0.506 e. The Hall–Kier alpha value is -3.94. The lowest BCUT2D eigenvalue weighted by atomic mass is 10.0. The zero-order valence-electron chi connectivity index (χ0n) is 21.1. The molecule has 0 fully saturated rings. The van der Waals surface area contributed by atoms with Crippen LogP contribution in [0.2, 0.25) is 0 Å². The van der Waals surface area contributed by atoms with Gasteiger partial charge < -0.3 is 19.9 Å². The number of carbonyl (C=O) groups excluding carboxylic acids is 3. The summed E-state index contributed by atoms with van der Waals surface area (Å²) in [5.41, 5.74) is 1.06. The summed E-state index contributed by atoms with van der Waals surface area (Å²) in [6.07, 6.45) is 1.76. The number of nitrogens with zero attached hydrogens (tertiary/aromatic N) is 1. The Morgan fingerprint density at radius 3 is 2.19 bits per heavy atom. The minimum Gasteiger partial charge on any atom is -0.506 e. The van der Waals surface area contributed by atoms with Crippen molar-refractivity contribution in [1.82, 2.24) is 5.32 Å². The van der Waals surface area contributed by atoms with Crippen molar-refractivity contribution in [3.63, 3.8) is 0 Å². The molecule has 2 aromatic carbocycles. The summed E-state index contributed by atoms with van der Waals surface area (Å²) in [5.74, 6) is -2.01. The molecule has 0 aliphatic heterocycles. The molecule has 0 aliphatic rings. The van der Waals surface area contributed by atoms with Crippen molar-refractivity contribution in [3.8, 4) is 0 Å². The molecular formula is C28H34N2O6. The summed E-state index contributed by atoms with van der Waals surface area (Å²) in [4.78, 5) is 42.6. The van der Waals surface area contributed by atoms with Crippen LogP contribution in [0.15, 0.2) is 71.2 Å². The number of aliphatic hydroxyl groups excluding tert-OH is 1. The van der Waals surface area contributed by atoms with Crippen molar-refractivity contribution < 1.29 is 29.0 Å². The molecule has 0 bridgehead atoms. The maximum Gasteiger partial charge on any atom is 0.343 e. The second-order valence-electron chi connectivity index (χ2n) is 8.55. The Labute approximate surface area is 212 Å². The van der Waals surface area contributed by atoms with E-state index in [0.29, 0.717) is 12.0 Å². The molecule has 2 N–H and O–H groups in total. The van der Waals surface area contributed by atoms with Crippen LogP contribution in [-0.4, -0.2) is 55.0 Å². The Balaban J connectivity index is 2.44. The number of amides is 1. The van der Waals surface area contributed by atoms with Crippen molar-refractivity contribution in [1.29, 1.82) is 0 Å². The molecule has 0 unspecified atom stereocenters. The fourth-order valence-corrected chi connectivity index (χ4v) is 3.48. The van der Waals surface area contributed by atoms with Gasteiger partial charge in [0, 0.05) is 18.2 Å². The third-order valence-corrected chi connectivity index (χ3v) is 5.27. The summed E-state index contributed by atoms with van der Waals surface area (Å²) in [6, 6.07) is 15.9. The molecule has 0 aromatic heterocycles. The maximum absolute atomic E-state index is 13.3. The van der Waals surface area contributed by atoms with Crippen LogP contribution in [0.5, 0.6) is 0 Å². The van der Waals surface area contributed by atoms with Gasteiger partial charge in [-0.1, -0.05) is 74.5 Å². The number of hydrogen-bond donors (Lipinski definition) is 2. The van der Waals surface area contributed by atoms with Gasteiger partial charge in [-0.3, -0.25) is 9.79 Å². The normalized spacial score (nSPS) is 13.6. The molecule has 2 aromatic rings. The fourth-order valence-electron chi connectivity index (χ4n) is 3.48. The lowest BCUT2D eigenvalue weighted by molar-refractivity contribution is -0.145. The number of aliphatic hydroxyl groups is 1. The molecule has 0 saturated carbocycles. The molecule has 0 spiro atoms. The standard InChI is InChI=1S/C28H34N2O6/c1-5-36-27(33)22(25(31)21-14-10-7-11-15-21)18-29-23(17-20-12-8-6-9-13-20)26(32)30-24(16-19(2)3)28(34)35-4/h6-15,18-19,23-24,31H,5,16-17H2,1-4H3,(H,30,32)/b25-22+,29-18?/t23-,24-/m0/s1. The van der Waals surface area contributed by atoms with Crippen molar-refractivity contribution in [2.24, 2.45) is 10.9 Å². The predicted molar refractivity (Wildman–Crippen MR) is 138 cm³/mol. The van der Waals surface area contributed by atoms with E-state index in [1.54, 1.807) is 37.3 Å².